The van der Waals surface area contributed by atoms with Gasteiger partial charge < -0.3 is 9.47 Å². The molecule has 78 valence electrons. The van der Waals surface area contributed by atoms with Crippen molar-refractivity contribution in [2.45, 2.75) is 18.6 Å². The van der Waals surface area contributed by atoms with E-state index < -0.39 is 0 Å². The summed E-state index contributed by atoms with van der Waals surface area (Å²) in [5.74, 6) is 0.702. The van der Waals surface area contributed by atoms with Gasteiger partial charge in [-0.2, -0.15) is 0 Å². The van der Waals surface area contributed by atoms with Crippen LogP contribution in [0.5, 0.6) is 0 Å². The number of hydrogen-bond acceptors (Lipinski definition) is 3. The van der Waals surface area contributed by atoms with E-state index in [2.05, 4.69) is 29.3 Å². The van der Waals surface area contributed by atoms with Crippen LogP contribution in [0.4, 0.5) is 0 Å². The maximum atomic E-state index is 5.73. The number of benzene rings is 1. The van der Waals surface area contributed by atoms with E-state index in [9.17, 15) is 0 Å². The molecule has 1 aromatic carbocycles. The first-order valence-corrected chi connectivity index (χ1v) is 5.18. The fourth-order valence-electron chi connectivity index (χ4n) is 2.32. The van der Waals surface area contributed by atoms with Crippen molar-refractivity contribution in [2.75, 3.05) is 13.7 Å². The highest BCUT2D eigenvalue weighted by Crippen LogP contribution is 2.37. The van der Waals surface area contributed by atoms with E-state index >= 15 is 0 Å². The van der Waals surface area contributed by atoms with E-state index in [1.807, 2.05) is 0 Å². The molecule has 0 radical (unpaired) electrons. The summed E-state index contributed by atoms with van der Waals surface area (Å²) in [5, 5.41) is 0. The van der Waals surface area contributed by atoms with E-state index in [0.717, 1.165) is 6.42 Å². The highest BCUT2D eigenvalue weighted by Gasteiger charge is 2.36. The molecule has 3 nitrogen and oxygen atoms in total. The quantitative estimate of drug-likeness (QED) is 0.643. The van der Waals surface area contributed by atoms with Crippen LogP contribution in [0.1, 0.15) is 17.2 Å². The van der Waals surface area contributed by atoms with Gasteiger partial charge in [0.05, 0.1) is 13.2 Å². The number of methoxy groups -OCH3 is 1. The maximum Gasteiger partial charge on any atom is 0.210 e. The minimum Gasteiger partial charge on any atom is -0.483 e. The Morgan fingerprint density at radius 2 is 2.27 bits per heavy atom. The number of rotatable bonds is 0. The van der Waals surface area contributed by atoms with Crippen LogP contribution < -0.4 is 0 Å². The minimum atomic E-state index is 0.143. The third-order valence-corrected chi connectivity index (χ3v) is 3.09. The topological polar surface area (TPSA) is 30.8 Å². The van der Waals surface area contributed by atoms with E-state index in [0.29, 0.717) is 12.5 Å². The zero-order valence-corrected chi connectivity index (χ0v) is 8.64. The van der Waals surface area contributed by atoms with E-state index in [4.69, 9.17) is 9.47 Å². The maximum absolute atomic E-state index is 5.73. The van der Waals surface area contributed by atoms with E-state index in [-0.39, 0.29) is 12.1 Å². The lowest BCUT2D eigenvalue weighted by molar-refractivity contribution is 0.0485. The number of fused-ring (bicyclic) bond motifs is 3. The second-order valence-corrected chi connectivity index (χ2v) is 3.92. The van der Waals surface area contributed by atoms with Crippen molar-refractivity contribution in [1.82, 2.24) is 0 Å². The molecule has 0 N–H and O–H groups in total. The van der Waals surface area contributed by atoms with Gasteiger partial charge in [0, 0.05) is 6.42 Å². The molecule has 0 saturated heterocycles. The van der Waals surface area contributed by atoms with Gasteiger partial charge in [0.15, 0.2) is 0 Å². The molecule has 1 aliphatic carbocycles. The van der Waals surface area contributed by atoms with Crippen molar-refractivity contribution in [2.24, 2.45) is 4.99 Å². The largest absolute Gasteiger partial charge is 0.483 e. The van der Waals surface area contributed by atoms with Crippen molar-refractivity contribution in [3.8, 4) is 0 Å². The second-order valence-electron chi connectivity index (χ2n) is 3.92. The van der Waals surface area contributed by atoms with Gasteiger partial charge in [-0.25, -0.2) is 4.99 Å². The number of ether oxygens (including phenoxy) is 2. The van der Waals surface area contributed by atoms with Gasteiger partial charge in [-0.05, 0) is 11.1 Å². The molecule has 0 unspecified atom stereocenters. The SMILES string of the molecule is COC1=N[C@@H]2c3ccccc3C[C@@H]2OC1. The van der Waals surface area contributed by atoms with Crippen molar-refractivity contribution in [3.63, 3.8) is 0 Å². The first-order valence-electron chi connectivity index (χ1n) is 5.18. The van der Waals surface area contributed by atoms with Crippen molar-refractivity contribution in [1.29, 1.82) is 0 Å². The molecule has 0 saturated carbocycles. The lowest BCUT2D eigenvalue weighted by atomic mass is 10.1. The van der Waals surface area contributed by atoms with Gasteiger partial charge in [0.1, 0.15) is 12.6 Å². The summed E-state index contributed by atoms with van der Waals surface area (Å²) in [4.78, 5) is 4.57. The van der Waals surface area contributed by atoms with Crippen molar-refractivity contribution < 1.29 is 9.47 Å². The Bertz CT molecular complexity index is 414. The van der Waals surface area contributed by atoms with E-state index in [1.165, 1.54) is 11.1 Å². The Balaban J connectivity index is 2.01. The molecule has 1 heterocycles. The lowest BCUT2D eigenvalue weighted by Crippen LogP contribution is -2.28. The molecule has 0 bridgehead atoms. The minimum absolute atomic E-state index is 0.143. The van der Waals surface area contributed by atoms with Crippen LogP contribution in [-0.4, -0.2) is 25.7 Å². The third-order valence-electron chi connectivity index (χ3n) is 3.09. The molecule has 3 rings (SSSR count). The van der Waals surface area contributed by atoms with Crippen LogP contribution in [0.25, 0.3) is 0 Å². The monoisotopic (exact) mass is 203 g/mol. The van der Waals surface area contributed by atoms with Crippen LogP contribution in [0, 0.1) is 0 Å². The van der Waals surface area contributed by atoms with Gasteiger partial charge >= 0.3 is 0 Å². The third kappa shape index (κ3) is 1.35. The summed E-state index contributed by atoms with van der Waals surface area (Å²) in [5.41, 5.74) is 2.64. The molecule has 1 aromatic rings. The van der Waals surface area contributed by atoms with E-state index in [1.54, 1.807) is 7.11 Å². The molecule has 0 amide bonds. The molecular formula is C12H13NO2. The molecule has 0 aromatic heterocycles. The molecule has 0 spiro atoms. The highest BCUT2D eigenvalue weighted by molar-refractivity contribution is 5.78. The van der Waals surface area contributed by atoms with Gasteiger partial charge in [0.25, 0.3) is 0 Å². The predicted octanol–water partition coefficient (Wildman–Crippen LogP) is 1.73. The Morgan fingerprint density at radius 1 is 1.40 bits per heavy atom. The van der Waals surface area contributed by atoms with Crippen molar-refractivity contribution >= 4 is 5.90 Å². The number of hydrogen-bond donors (Lipinski definition) is 0. The normalized spacial score (nSPS) is 27.9. The summed E-state index contributed by atoms with van der Waals surface area (Å²) < 4.78 is 10.9. The van der Waals surface area contributed by atoms with Crippen molar-refractivity contribution in [3.05, 3.63) is 35.4 Å². The molecule has 1 aliphatic heterocycles. The summed E-state index contributed by atoms with van der Waals surface area (Å²) in [6.07, 6.45) is 1.18. The van der Waals surface area contributed by atoms with Gasteiger partial charge in [-0.1, -0.05) is 24.3 Å². The Morgan fingerprint density at radius 3 is 3.13 bits per heavy atom. The van der Waals surface area contributed by atoms with Gasteiger partial charge in [0.2, 0.25) is 5.90 Å². The Labute approximate surface area is 88.7 Å². The molecular weight excluding hydrogens is 190 g/mol. The smallest absolute Gasteiger partial charge is 0.210 e. The first-order chi connectivity index (χ1) is 7.38. The molecule has 15 heavy (non-hydrogen) atoms. The standard InChI is InChI=1S/C12H13NO2/c1-14-11-7-15-10-6-8-4-2-3-5-9(8)12(10)13-11/h2-5,10,12H,6-7H2,1H3/t10-,12+/m0/s1. The summed E-state index contributed by atoms with van der Waals surface area (Å²) in [6.45, 7) is 0.506. The average Bonchev–Trinajstić information content (AvgIpc) is 2.66. The van der Waals surface area contributed by atoms with Crippen LogP contribution in [0.15, 0.2) is 29.3 Å². The zero-order valence-electron chi connectivity index (χ0n) is 8.64. The zero-order chi connectivity index (χ0) is 10.3. The second kappa shape index (κ2) is 3.35. The summed E-state index contributed by atoms with van der Waals surface area (Å²) >= 11 is 0. The fourth-order valence-corrected chi connectivity index (χ4v) is 2.32. The fraction of sp³-hybridized carbons (Fsp3) is 0.417. The molecule has 2 aliphatic rings. The molecule has 3 heteroatoms. The van der Waals surface area contributed by atoms with Gasteiger partial charge in [-0.3, -0.25) is 0 Å². The molecule has 2 atom stereocenters. The predicted molar refractivity (Wildman–Crippen MR) is 57.1 cm³/mol. The summed E-state index contributed by atoms with van der Waals surface area (Å²) in [7, 11) is 1.64. The summed E-state index contributed by atoms with van der Waals surface area (Å²) in [6, 6.07) is 8.55. The van der Waals surface area contributed by atoms with Crippen LogP contribution in [0.2, 0.25) is 0 Å². The first kappa shape index (κ1) is 8.92. The number of aliphatic imine (C=N–C) groups is 1. The Kier molecular flexibility index (Phi) is 1.99. The van der Waals surface area contributed by atoms with Crippen LogP contribution >= 0.6 is 0 Å². The highest BCUT2D eigenvalue weighted by atomic mass is 16.5. The lowest BCUT2D eigenvalue weighted by Gasteiger charge is -2.23. The Hall–Kier alpha value is -1.35. The van der Waals surface area contributed by atoms with Crippen LogP contribution in [0.3, 0.4) is 0 Å². The average molecular weight is 203 g/mol. The van der Waals surface area contributed by atoms with Gasteiger partial charge in [-0.15, -0.1) is 0 Å². The molecule has 0 fully saturated rings. The van der Waals surface area contributed by atoms with Crippen LogP contribution in [-0.2, 0) is 15.9 Å². The number of nitrogens with zero attached hydrogens (tertiary/aromatic N) is 1.